The third kappa shape index (κ3) is 3.29. The molecule has 126 valence electrons. The van der Waals surface area contributed by atoms with Gasteiger partial charge in [0.2, 0.25) is 11.8 Å². The number of nitrogens with one attached hydrogen (secondary N) is 1. The number of ether oxygens (including phenoxy) is 1. The first-order valence-corrected chi connectivity index (χ1v) is 8.70. The van der Waals surface area contributed by atoms with E-state index in [1.807, 2.05) is 20.8 Å². The Bertz CT molecular complexity index is 426. The zero-order valence-electron chi connectivity index (χ0n) is 14.4. The topological polar surface area (TPSA) is 58.6 Å². The second kappa shape index (κ2) is 6.99. The Morgan fingerprint density at radius 3 is 2.73 bits per heavy atom. The second-order valence-electron chi connectivity index (χ2n) is 6.91. The van der Waals surface area contributed by atoms with E-state index in [1.165, 1.54) is 6.42 Å². The average molecular weight is 310 g/mol. The summed E-state index contributed by atoms with van der Waals surface area (Å²) in [6, 6.07) is -0.361. The smallest absolute Gasteiger partial charge is 0.245 e. The average Bonchev–Trinajstić information content (AvgIpc) is 2.84. The monoisotopic (exact) mass is 310 g/mol. The minimum atomic E-state index is -0.553. The van der Waals surface area contributed by atoms with Crippen molar-refractivity contribution in [2.75, 3.05) is 6.61 Å². The van der Waals surface area contributed by atoms with Crippen molar-refractivity contribution in [3.63, 3.8) is 0 Å². The first-order chi connectivity index (χ1) is 10.4. The summed E-state index contributed by atoms with van der Waals surface area (Å²) in [5.41, 5.74) is -0.553. The lowest BCUT2D eigenvalue weighted by Gasteiger charge is -2.43. The number of amides is 2. The van der Waals surface area contributed by atoms with Crippen molar-refractivity contribution >= 4 is 11.8 Å². The normalized spacial score (nSPS) is 33.0. The Morgan fingerprint density at radius 1 is 1.41 bits per heavy atom. The Balaban J connectivity index is 2.20. The molecular formula is C17H30N2O3. The van der Waals surface area contributed by atoms with Crippen LogP contribution in [-0.4, -0.2) is 41.1 Å². The summed E-state index contributed by atoms with van der Waals surface area (Å²) in [4.78, 5) is 26.9. The molecule has 0 bridgehead atoms. The van der Waals surface area contributed by atoms with Crippen molar-refractivity contribution in [2.24, 2.45) is 5.92 Å². The van der Waals surface area contributed by atoms with Crippen LogP contribution in [0.15, 0.2) is 0 Å². The highest BCUT2D eigenvalue weighted by Gasteiger charge is 2.53. The lowest BCUT2D eigenvalue weighted by molar-refractivity contribution is -0.162. The van der Waals surface area contributed by atoms with Crippen molar-refractivity contribution in [2.45, 2.75) is 84.0 Å². The molecule has 2 amide bonds. The van der Waals surface area contributed by atoms with Gasteiger partial charge in [0.15, 0.2) is 0 Å². The molecule has 1 saturated carbocycles. The predicted molar refractivity (Wildman–Crippen MR) is 85.1 cm³/mol. The highest BCUT2D eigenvalue weighted by atomic mass is 16.5. The van der Waals surface area contributed by atoms with E-state index in [-0.39, 0.29) is 17.9 Å². The van der Waals surface area contributed by atoms with Gasteiger partial charge in [0.05, 0.1) is 6.61 Å². The zero-order valence-corrected chi connectivity index (χ0v) is 14.4. The lowest BCUT2D eigenvalue weighted by atomic mass is 9.83. The van der Waals surface area contributed by atoms with Crippen LogP contribution in [0.4, 0.5) is 0 Å². The molecule has 1 spiro atoms. The molecule has 22 heavy (non-hydrogen) atoms. The van der Waals surface area contributed by atoms with E-state index in [1.54, 1.807) is 4.90 Å². The van der Waals surface area contributed by atoms with Crippen molar-refractivity contribution in [1.29, 1.82) is 0 Å². The summed E-state index contributed by atoms with van der Waals surface area (Å²) in [5, 5.41) is 3.00. The van der Waals surface area contributed by atoms with Crippen LogP contribution in [0.25, 0.3) is 0 Å². The van der Waals surface area contributed by atoms with Crippen molar-refractivity contribution in [1.82, 2.24) is 10.2 Å². The molecule has 1 aliphatic heterocycles. The number of hydrogen-bond acceptors (Lipinski definition) is 3. The maximum atomic E-state index is 12.6. The molecule has 5 nitrogen and oxygen atoms in total. The Morgan fingerprint density at radius 2 is 2.14 bits per heavy atom. The number of carbonyl (C=O) groups is 2. The summed E-state index contributed by atoms with van der Waals surface area (Å²) in [6.45, 7) is 8.39. The largest absolute Gasteiger partial charge is 0.353 e. The van der Waals surface area contributed by atoms with E-state index < -0.39 is 11.8 Å². The standard InChI is InChI=1S/C17H30N2O3/c1-5-13(4)18-16(21)14-11-22-17(19(14)15(20)6-2)9-7-8-12(3)10-17/h12-14H,5-11H2,1-4H3,(H,18,21)/t12-,13-,14+,17-/m0/s1. The van der Waals surface area contributed by atoms with Crippen LogP contribution in [-0.2, 0) is 14.3 Å². The van der Waals surface area contributed by atoms with Crippen LogP contribution in [0, 0.1) is 5.92 Å². The Hall–Kier alpha value is -1.10. The van der Waals surface area contributed by atoms with Crippen LogP contribution >= 0.6 is 0 Å². The predicted octanol–water partition coefficient (Wildman–Crippen LogP) is 2.44. The van der Waals surface area contributed by atoms with Gasteiger partial charge < -0.3 is 10.1 Å². The minimum absolute atomic E-state index is 0.0240. The SMILES string of the molecule is CCC(=O)N1[C@@H](C(=O)N[C@@H](C)CC)CO[C@]12CCC[C@H](C)C2. The quantitative estimate of drug-likeness (QED) is 0.867. The summed E-state index contributed by atoms with van der Waals surface area (Å²) in [7, 11) is 0. The summed E-state index contributed by atoms with van der Waals surface area (Å²) >= 11 is 0. The first-order valence-electron chi connectivity index (χ1n) is 8.70. The maximum Gasteiger partial charge on any atom is 0.245 e. The summed E-state index contributed by atoms with van der Waals surface area (Å²) in [5.74, 6) is 0.472. The molecule has 5 heteroatoms. The molecule has 0 aromatic rings. The van der Waals surface area contributed by atoms with Gasteiger partial charge in [-0.2, -0.15) is 0 Å². The van der Waals surface area contributed by atoms with Gasteiger partial charge in [-0.3, -0.25) is 14.5 Å². The van der Waals surface area contributed by atoms with Gasteiger partial charge in [0, 0.05) is 12.5 Å². The second-order valence-corrected chi connectivity index (χ2v) is 6.91. The highest BCUT2D eigenvalue weighted by Crippen LogP contribution is 2.43. The third-order valence-corrected chi connectivity index (χ3v) is 5.07. The van der Waals surface area contributed by atoms with E-state index >= 15 is 0 Å². The van der Waals surface area contributed by atoms with Crippen molar-refractivity contribution in [3.05, 3.63) is 0 Å². The molecule has 0 aromatic carbocycles. The molecule has 1 saturated heterocycles. The fourth-order valence-corrected chi connectivity index (χ4v) is 3.69. The van der Waals surface area contributed by atoms with Crippen molar-refractivity contribution < 1.29 is 14.3 Å². The van der Waals surface area contributed by atoms with Crippen molar-refractivity contribution in [3.8, 4) is 0 Å². The molecule has 2 rings (SSSR count). The number of hydrogen-bond donors (Lipinski definition) is 1. The molecule has 4 atom stereocenters. The lowest BCUT2D eigenvalue weighted by Crippen LogP contribution is -2.57. The fraction of sp³-hybridized carbons (Fsp3) is 0.882. The Kier molecular flexibility index (Phi) is 5.48. The van der Waals surface area contributed by atoms with E-state index in [0.717, 1.165) is 25.7 Å². The number of nitrogens with zero attached hydrogens (tertiary/aromatic N) is 1. The molecular weight excluding hydrogens is 280 g/mol. The highest BCUT2D eigenvalue weighted by molar-refractivity contribution is 5.88. The molecule has 2 fully saturated rings. The molecule has 0 aromatic heterocycles. The fourth-order valence-electron chi connectivity index (χ4n) is 3.69. The van der Waals surface area contributed by atoms with Gasteiger partial charge >= 0.3 is 0 Å². The minimum Gasteiger partial charge on any atom is -0.353 e. The van der Waals surface area contributed by atoms with Crippen LogP contribution in [0.2, 0.25) is 0 Å². The van der Waals surface area contributed by atoms with Gasteiger partial charge in [-0.05, 0) is 38.5 Å². The number of carbonyl (C=O) groups excluding carboxylic acids is 2. The van der Waals surface area contributed by atoms with Gasteiger partial charge in [-0.25, -0.2) is 0 Å². The van der Waals surface area contributed by atoms with Crippen LogP contribution < -0.4 is 5.32 Å². The van der Waals surface area contributed by atoms with Gasteiger partial charge in [-0.15, -0.1) is 0 Å². The van der Waals surface area contributed by atoms with Gasteiger partial charge in [-0.1, -0.05) is 27.2 Å². The van der Waals surface area contributed by atoms with Crippen LogP contribution in [0.3, 0.4) is 0 Å². The van der Waals surface area contributed by atoms with Crippen LogP contribution in [0.1, 0.15) is 66.2 Å². The molecule has 2 aliphatic rings. The molecule has 1 N–H and O–H groups in total. The van der Waals surface area contributed by atoms with E-state index in [0.29, 0.717) is 18.9 Å². The van der Waals surface area contributed by atoms with Gasteiger partial charge in [0.1, 0.15) is 11.8 Å². The van der Waals surface area contributed by atoms with E-state index in [4.69, 9.17) is 4.74 Å². The van der Waals surface area contributed by atoms with E-state index in [2.05, 4.69) is 12.2 Å². The Labute approximate surface area is 133 Å². The van der Waals surface area contributed by atoms with Crippen LogP contribution in [0.5, 0.6) is 0 Å². The third-order valence-electron chi connectivity index (χ3n) is 5.07. The molecule has 0 unspecified atom stereocenters. The first kappa shape index (κ1) is 17.3. The van der Waals surface area contributed by atoms with Gasteiger partial charge in [0.25, 0.3) is 0 Å². The van der Waals surface area contributed by atoms with E-state index in [9.17, 15) is 9.59 Å². The molecule has 1 aliphatic carbocycles. The molecule has 1 heterocycles. The number of rotatable bonds is 4. The maximum absolute atomic E-state index is 12.6. The summed E-state index contributed by atoms with van der Waals surface area (Å²) in [6.07, 6.45) is 5.19. The summed E-state index contributed by atoms with van der Waals surface area (Å²) < 4.78 is 6.08. The molecule has 0 radical (unpaired) electrons. The zero-order chi connectivity index (χ0) is 16.3.